The maximum Gasteiger partial charge on any atom is 0.324 e. The Morgan fingerprint density at radius 3 is 2.47 bits per heavy atom. The number of ether oxygens (including phenoxy) is 1. The normalized spacial score (nSPS) is 23.8. The van der Waals surface area contributed by atoms with Crippen molar-refractivity contribution in [3.8, 4) is 0 Å². The van der Waals surface area contributed by atoms with Gasteiger partial charge in [0.25, 0.3) is 0 Å². The topological polar surface area (TPSA) is 29.5 Å². The first-order chi connectivity index (χ1) is 8.87. The Bertz CT molecular complexity index is 436. The average Bonchev–Trinajstić information content (AvgIpc) is 2.26. The molecule has 0 spiro atoms. The maximum atomic E-state index is 12.2. The van der Waals surface area contributed by atoms with Gasteiger partial charge in [0.2, 0.25) is 0 Å². The Labute approximate surface area is 115 Å². The van der Waals surface area contributed by atoms with E-state index in [0.717, 1.165) is 13.1 Å². The van der Waals surface area contributed by atoms with E-state index >= 15 is 0 Å². The molecule has 1 aromatic rings. The first kappa shape index (κ1) is 14.1. The van der Waals surface area contributed by atoms with Crippen LogP contribution in [0.15, 0.2) is 30.3 Å². The van der Waals surface area contributed by atoms with Crippen LogP contribution in [0.2, 0.25) is 0 Å². The molecule has 2 rings (SSSR count). The van der Waals surface area contributed by atoms with Crippen LogP contribution >= 0.6 is 0 Å². The van der Waals surface area contributed by atoms with Crippen molar-refractivity contribution in [2.75, 3.05) is 6.54 Å². The number of hydrogen-bond donors (Lipinski definition) is 0. The Morgan fingerprint density at radius 1 is 1.32 bits per heavy atom. The van der Waals surface area contributed by atoms with Crippen LogP contribution in [0.25, 0.3) is 0 Å². The third-order valence-electron chi connectivity index (χ3n) is 3.33. The quantitative estimate of drug-likeness (QED) is 0.784. The second-order valence-electron chi connectivity index (χ2n) is 6.37. The Hall–Kier alpha value is -1.35. The molecule has 1 heterocycles. The molecule has 1 aliphatic heterocycles. The predicted octanol–water partition coefficient (Wildman–Crippen LogP) is 2.85. The SMILES string of the molecule is CC1CN(Cc2ccccc2)C1C(=O)OC(C)(C)C. The lowest BCUT2D eigenvalue weighted by molar-refractivity contribution is -0.171. The molecule has 0 radical (unpaired) electrons. The van der Waals surface area contributed by atoms with E-state index in [9.17, 15) is 4.79 Å². The molecule has 1 fully saturated rings. The summed E-state index contributed by atoms with van der Waals surface area (Å²) >= 11 is 0. The first-order valence-corrected chi connectivity index (χ1v) is 6.87. The van der Waals surface area contributed by atoms with Gasteiger partial charge in [-0.25, -0.2) is 0 Å². The summed E-state index contributed by atoms with van der Waals surface area (Å²) in [5, 5.41) is 0. The van der Waals surface area contributed by atoms with E-state index in [2.05, 4.69) is 24.0 Å². The Kier molecular flexibility index (Phi) is 3.95. The number of hydrogen-bond acceptors (Lipinski definition) is 3. The monoisotopic (exact) mass is 261 g/mol. The molecule has 0 N–H and O–H groups in total. The van der Waals surface area contributed by atoms with Crippen LogP contribution in [0.4, 0.5) is 0 Å². The van der Waals surface area contributed by atoms with Crippen molar-refractivity contribution in [2.24, 2.45) is 5.92 Å². The number of carbonyl (C=O) groups excluding carboxylic acids is 1. The largest absolute Gasteiger partial charge is 0.459 e. The summed E-state index contributed by atoms with van der Waals surface area (Å²) in [5.74, 6) is 0.278. The molecule has 104 valence electrons. The van der Waals surface area contributed by atoms with Crippen LogP contribution < -0.4 is 0 Å². The third-order valence-corrected chi connectivity index (χ3v) is 3.33. The molecule has 19 heavy (non-hydrogen) atoms. The van der Waals surface area contributed by atoms with E-state index < -0.39 is 5.60 Å². The average molecular weight is 261 g/mol. The Morgan fingerprint density at radius 2 is 1.95 bits per heavy atom. The number of likely N-dealkylation sites (tertiary alicyclic amines) is 1. The molecule has 0 amide bonds. The summed E-state index contributed by atoms with van der Waals surface area (Å²) in [7, 11) is 0. The Balaban J connectivity index is 1.98. The molecule has 3 heteroatoms. The van der Waals surface area contributed by atoms with Crippen LogP contribution in [0.5, 0.6) is 0 Å². The van der Waals surface area contributed by atoms with Gasteiger partial charge in [-0.1, -0.05) is 37.3 Å². The summed E-state index contributed by atoms with van der Waals surface area (Å²) in [6.07, 6.45) is 0. The van der Waals surface area contributed by atoms with E-state index in [0.29, 0.717) is 5.92 Å². The highest BCUT2D eigenvalue weighted by Crippen LogP contribution is 2.28. The minimum atomic E-state index is -0.412. The van der Waals surface area contributed by atoms with E-state index in [1.807, 2.05) is 39.0 Å². The molecule has 2 atom stereocenters. The molecule has 2 unspecified atom stereocenters. The van der Waals surface area contributed by atoms with Crippen molar-refractivity contribution in [1.29, 1.82) is 0 Å². The lowest BCUT2D eigenvalue weighted by Crippen LogP contribution is -2.59. The summed E-state index contributed by atoms with van der Waals surface area (Å²) < 4.78 is 5.50. The molecule has 1 aliphatic rings. The van der Waals surface area contributed by atoms with Gasteiger partial charge in [0.15, 0.2) is 0 Å². The van der Waals surface area contributed by atoms with E-state index in [1.54, 1.807) is 0 Å². The molecule has 0 bridgehead atoms. The lowest BCUT2D eigenvalue weighted by atomic mass is 9.89. The minimum Gasteiger partial charge on any atom is -0.459 e. The molecule has 1 saturated heterocycles. The van der Waals surface area contributed by atoms with Crippen molar-refractivity contribution in [1.82, 2.24) is 4.90 Å². The first-order valence-electron chi connectivity index (χ1n) is 6.87. The van der Waals surface area contributed by atoms with Gasteiger partial charge in [-0.2, -0.15) is 0 Å². The molecular formula is C16H23NO2. The number of benzene rings is 1. The molecule has 1 aromatic carbocycles. The maximum absolute atomic E-state index is 12.2. The second kappa shape index (κ2) is 5.33. The second-order valence-corrected chi connectivity index (χ2v) is 6.37. The standard InChI is InChI=1S/C16H23NO2/c1-12-10-17(11-13-8-6-5-7-9-13)14(12)15(18)19-16(2,3)4/h5-9,12,14H,10-11H2,1-4H3. The van der Waals surface area contributed by atoms with Gasteiger partial charge in [-0.05, 0) is 32.3 Å². The highest BCUT2D eigenvalue weighted by Gasteiger charge is 2.43. The lowest BCUT2D eigenvalue weighted by Gasteiger charge is -2.45. The van der Waals surface area contributed by atoms with E-state index in [-0.39, 0.29) is 12.0 Å². The van der Waals surface area contributed by atoms with Crippen LogP contribution in [0, 0.1) is 5.92 Å². The van der Waals surface area contributed by atoms with Crippen molar-refractivity contribution < 1.29 is 9.53 Å². The van der Waals surface area contributed by atoms with Crippen LogP contribution in [-0.4, -0.2) is 29.1 Å². The summed E-state index contributed by atoms with van der Waals surface area (Å²) in [4.78, 5) is 14.4. The summed E-state index contributed by atoms with van der Waals surface area (Å²) in [6.45, 7) is 9.62. The third kappa shape index (κ3) is 3.57. The van der Waals surface area contributed by atoms with Crippen LogP contribution in [-0.2, 0) is 16.1 Å². The van der Waals surface area contributed by atoms with Gasteiger partial charge in [-0.15, -0.1) is 0 Å². The zero-order valence-electron chi connectivity index (χ0n) is 12.2. The molecule has 0 saturated carbocycles. The molecule has 0 aromatic heterocycles. The van der Waals surface area contributed by atoms with Gasteiger partial charge >= 0.3 is 5.97 Å². The fourth-order valence-electron chi connectivity index (χ4n) is 2.53. The minimum absolute atomic E-state index is 0.0952. The smallest absolute Gasteiger partial charge is 0.324 e. The highest BCUT2D eigenvalue weighted by molar-refractivity contribution is 5.77. The van der Waals surface area contributed by atoms with Crippen molar-refractivity contribution >= 4 is 5.97 Å². The van der Waals surface area contributed by atoms with Crippen LogP contribution in [0.1, 0.15) is 33.3 Å². The van der Waals surface area contributed by atoms with Crippen molar-refractivity contribution in [2.45, 2.75) is 45.9 Å². The van der Waals surface area contributed by atoms with Gasteiger partial charge < -0.3 is 4.74 Å². The predicted molar refractivity (Wildman–Crippen MR) is 75.6 cm³/mol. The van der Waals surface area contributed by atoms with Gasteiger partial charge in [0.05, 0.1) is 0 Å². The number of esters is 1. The summed E-state index contributed by atoms with van der Waals surface area (Å²) in [5.41, 5.74) is 0.827. The fourth-order valence-corrected chi connectivity index (χ4v) is 2.53. The number of carbonyl (C=O) groups is 1. The number of rotatable bonds is 3. The van der Waals surface area contributed by atoms with Crippen LogP contribution in [0.3, 0.4) is 0 Å². The zero-order valence-corrected chi connectivity index (χ0v) is 12.2. The van der Waals surface area contributed by atoms with Crippen molar-refractivity contribution in [3.05, 3.63) is 35.9 Å². The summed E-state index contributed by atoms with van der Waals surface area (Å²) in [6, 6.07) is 10.2. The van der Waals surface area contributed by atoms with E-state index in [1.165, 1.54) is 5.56 Å². The van der Waals surface area contributed by atoms with Gasteiger partial charge in [-0.3, -0.25) is 9.69 Å². The molecular weight excluding hydrogens is 238 g/mol. The zero-order chi connectivity index (χ0) is 14.0. The molecule has 3 nitrogen and oxygen atoms in total. The number of nitrogens with zero attached hydrogens (tertiary/aromatic N) is 1. The van der Waals surface area contributed by atoms with Gasteiger partial charge in [0, 0.05) is 13.1 Å². The van der Waals surface area contributed by atoms with Crippen molar-refractivity contribution in [3.63, 3.8) is 0 Å². The molecule has 0 aliphatic carbocycles. The highest BCUT2D eigenvalue weighted by atomic mass is 16.6. The fraction of sp³-hybridized carbons (Fsp3) is 0.562. The van der Waals surface area contributed by atoms with E-state index in [4.69, 9.17) is 4.74 Å². The van der Waals surface area contributed by atoms with Gasteiger partial charge in [0.1, 0.15) is 11.6 Å².